The number of amides is 1. The fraction of sp³-hybridized carbons (Fsp3) is 0.261. The van der Waals surface area contributed by atoms with Crippen LogP contribution < -0.4 is 10.1 Å². The number of anilines is 1. The van der Waals surface area contributed by atoms with E-state index in [0.29, 0.717) is 0 Å². The number of rotatable bonds is 5. The van der Waals surface area contributed by atoms with Crippen molar-refractivity contribution in [2.24, 2.45) is 0 Å². The van der Waals surface area contributed by atoms with Crippen LogP contribution in [0.3, 0.4) is 0 Å². The van der Waals surface area contributed by atoms with Crippen LogP contribution in [0, 0.1) is 11.6 Å². The molecule has 1 aliphatic rings. The number of methoxy groups -OCH3 is 1. The SMILES string of the molecule is COc1ccc(-c2cc(C3CC(F)(F)C3)n(C(F)(F)F)n2)cc1NC(=O)c1cnc2cc(F)c(F)cn12. The van der Waals surface area contributed by atoms with E-state index in [1.165, 1.54) is 25.3 Å². The molecule has 0 unspecified atom stereocenters. The highest BCUT2D eigenvalue weighted by Gasteiger charge is 2.49. The van der Waals surface area contributed by atoms with Crippen molar-refractivity contribution >= 4 is 17.2 Å². The number of aromatic nitrogens is 4. The van der Waals surface area contributed by atoms with Crippen LogP contribution in [0.2, 0.25) is 0 Å². The number of ether oxygens (including phenoxy) is 1. The van der Waals surface area contributed by atoms with E-state index in [4.69, 9.17) is 4.74 Å². The number of nitrogens with zero attached hydrogens (tertiary/aromatic N) is 4. The summed E-state index contributed by atoms with van der Waals surface area (Å²) in [7, 11) is 1.30. The maximum absolute atomic E-state index is 13.7. The van der Waals surface area contributed by atoms with Crippen LogP contribution in [-0.4, -0.2) is 38.1 Å². The van der Waals surface area contributed by atoms with E-state index >= 15 is 0 Å². The summed E-state index contributed by atoms with van der Waals surface area (Å²) in [6, 6.07) is 5.95. The molecule has 7 nitrogen and oxygen atoms in total. The summed E-state index contributed by atoms with van der Waals surface area (Å²) < 4.78 is 101. The summed E-state index contributed by atoms with van der Waals surface area (Å²) in [5.74, 6) is -7.07. The van der Waals surface area contributed by atoms with Gasteiger partial charge in [-0.3, -0.25) is 9.20 Å². The van der Waals surface area contributed by atoms with Crippen molar-refractivity contribution in [1.29, 1.82) is 0 Å². The quantitative estimate of drug-likeness (QED) is 0.337. The van der Waals surface area contributed by atoms with Gasteiger partial charge in [-0.05, 0) is 24.3 Å². The first-order chi connectivity index (χ1) is 17.4. The van der Waals surface area contributed by atoms with Crippen LogP contribution in [0.4, 0.5) is 36.4 Å². The second-order valence-corrected chi connectivity index (χ2v) is 8.51. The fourth-order valence-corrected chi connectivity index (χ4v) is 4.20. The van der Waals surface area contributed by atoms with E-state index in [2.05, 4.69) is 15.4 Å². The fourth-order valence-electron chi connectivity index (χ4n) is 4.20. The molecule has 1 N–H and O–H groups in total. The number of pyridine rings is 1. The van der Waals surface area contributed by atoms with E-state index in [1.54, 1.807) is 0 Å². The Morgan fingerprint density at radius 2 is 1.86 bits per heavy atom. The number of nitrogens with one attached hydrogen (secondary N) is 1. The molecule has 37 heavy (non-hydrogen) atoms. The lowest BCUT2D eigenvalue weighted by Crippen LogP contribution is -2.36. The van der Waals surface area contributed by atoms with Gasteiger partial charge in [-0.25, -0.2) is 22.5 Å². The van der Waals surface area contributed by atoms with E-state index in [-0.39, 0.29) is 38.7 Å². The number of carbonyl (C=O) groups excluding carboxylic acids is 1. The van der Waals surface area contributed by atoms with E-state index in [0.717, 1.165) is 28.9 Å². The number of hydrogen-bond acceptors (Lipinski definition) is 4. The predicted octanol–water partition coefficient (Wildman–Crippen LogP) is 5.73. The standard InChI is InChI=1S/C23H16F7N5O2/c1-37-19-3-2-11(15-6-17(12-7-22(26,27)8-12)35(33-15)23(28,29)30)4-16(19)32-21(36)18-9-31-20-5-13(24)14(25)10-34(18)20/h2-6,9-10,12H,7-8H2,1H3,(H,32,36). The Bertz CT molecular complexity index is 1520. The first kappa shape index (κ1) is 24.6. The lowest BCUT2D eigenvalue weighted by atomic mass is 9.79. The number of alkyl halides is 5. The van der Waals surface area contributed by atoms with Gasteiger partial charge in [-0.15, -0.1) is 13.2 Å². The minimum Gasteiger partial charge on any atom is -0.495 e. The van der Waals surface area contributed by atoms with Gasteiger partial charge in [0, 0.05) is 30.4 Å². The Morgan fingerprint density at radius 3 is 2.51 bits per heavy atom. The van der Waals surface area contributed by atoms with Crippen molar-refractivity contribution in [2.45, 2.75) is 31.0 Å². The Kier molecular flexibility index (Phi) is 5.64. The molecule has 3 aromatic heterocycles. The molecule has 0 spiro atoms. The van der Waals surface area contributed by atoms with Crippen LogP contribution in [-0.2, 0) is 6.30 Å². The van der Waals surface area contributed by atoms with Crippen molar-refractivity contribution in [3.05, 3.63) is 65.7 Å². The Balaban J connectivity index is 1.49. The van der Waals surface area contributed by atoms with E-state index < -0.39 is 54.2 Å². The maximum Gasteiger partial charge on any atom is 0.504 e. The monoisotopic (exact) mass is 527 g/mol. The minimum atomic E-state index is -4.93. The predicted molar refractivity (Wildman–Crippen MR) is 115 cm³/mol. The molecule has 14 heteroatoms. The Hall–Kier alpha value is -4.10. The smallest absolute Gasteiger partial charge is 0.495 e. The summed E-state index contributed by atoms with van der Waals surface area (Å²) in [4.78, 5) is 16.8. The zero-order valence-electron chi connectivity index (χ0n) is 18.8. The molecular formula is C23H16F7N5O2. The number of imidazole rings is 1. The zero-order chi connectivity index (χ0) is 26.7. The second-order valence-electron chi connectivity index (χ2n) is 8.51. The Labute approximate surface area is 203 Å². The number of benzene rings is 1. The lowest BCUT2D eigenvalue weighted by Gasteiger charge is -2.35. The van der Waals surface area contributed by atoms with Gasteiger partial charge in [0.05, 0.1) is 36.6 Å². The molecule has 1 saturated carbocycles. The average Bonchev–Trinajstić information content (AvgIpc) is 3.42. The average molecular weight is 527 g/mol. The van der Waals surface area contributed by atoms with Gasteiger partial charge in [0.25, 0.3) is 5.91 Å². The van der Waals surface area contributed by atoms with Gasteiger partial charge in [0.15, 0.2) is 11.6 Å². The van der Waals surface area contributed by atoms with Crippen molar-refractivity contribution < 1.29 is 40.3 Å². The summed E-state index contributed by atoms with van der Waals surface area (Å²) in [5, 5.41) is 6.10. The summed E-state index contributed by atoms with van der Waals surface area (Å²) in [6.07, 6.45) is -4.54. The lowest BCUT2D eigenvalue weighted by molar-refractivity contribution is -0.216. The Morgan fingerprint density at radius 1 is 1.14 bits per heavy atom. The minimum absolute atomic E-state index is 0.0285. The topological polar surface area (TPSA) is 73.4 Å². The van der Waals surface area contributed by atoms with Gasteiger partial charge in [0.2, 0.25) is 5.92 Å². The van der Waals surface area contributed by atoms with Crippen molar-refractivity contribution in [1.82, 2.24) is 19.2 Å². The third kappa shape index (κ3) is 4.47. The normalized spacial score (nSPS) is 15.6. The van der Waals surface area contributed by atoms with Gasteiger partial charge in [-0.1, -0.05) is 0 Å². The molecule has 1 aliphatic carbocycles. The van der Waals surface area contributed by atoms with Crippen molar-refractivity contribution in [2.75, 3.05) is 12.4 Å². The third-order valence-electron chi connectivity index (χ3n) is 6.01. The molecular weight excluding hydrogens is 511 g/mol. The van der Waals surface area contributed by atoms with Gasteiger partial charge < -0.3 is 10.1 Å². The summed E-state index contributed by atoms with van der Waals surface area (Å²) in [5.41, 5.74) is -0.575. The van der Waals surface area contributed by atoms with Gasteiger partial charge in [-0.2, -0.15) is 9.78 Å². The number of hydrogen-bond donors (Lipinski definition) is 1. The highest BCUT2D eigenvalue weighted by Crippen LogP contribution is 2.50. The van der Waals surface area contributed by atoms with Crippen molar-refractivity contribution in [3.8, 4) is 17.0 Å². The molecule has 4 aromatic rings. The molecule has 1 aromatic carbocycles. The van der Waals surface area contributed by atoms with Gasteiger partial charge in [0.1, 0.15) is 17.1 Å². The van der Waals surface area contributed by atoms with Crippen LogP contribution >= 0.6 is 0 Å². The molecule has 0 aliphatic heterocycles. The third-order valence-corrected chi connectivity index (χ3v) is 6.01. The van der Waals surface area contributed by atoms with Gasteiger partial charge >= 0.3 is 6.30 Å². The molecule has 1 fully saturated rings. The molecule has 0 saturated heterocycles. The van der Waals surface area contributed by atoms with Crippen LogP contribution in [0.15, 0.2) is 42.7 Å². The summed E-state index contributed by atoms with van der Waals surface area (Å²) in [6.45, 7) is 0. The molecule has 1 amide bonds. The molecule has 5 rings (SSSR count). The molecule has 0 radical (unpaired) electrons. The summed E-state index contributed by atoms with van der Waals surface area (Å²) >= 11 is 0. The maximum atomic E-state index is 13.7. The highest BCUT2D eigenvalue weighted by molar-refractivity contribution is 6.04. The molecule has 0 bridgehead atoms. The second kappa shape index (κ2) is 8.49. The molecule has 0 atom stereocenters. The van der Waals surface area contributed by atoms with Crippen LogP contribution in [0.25, 0.3) is 16.9 Å². The number of halogens is 7. The van der Waals surface area contributed by atoms with Crippen LogP contribution in [0.5, 0.6) is 5.75 Å². The van der Waals surface area contributed by atoms with Crippen LogP contribution in [0.1, 0.15) is 34.9 Å². The number of carbonyl (C=O) groups is 1. The van der Waals surface area contributed by atoms with Crippen molar-refractivity contribution in [3.63, 3.8) is 0 Å². The largest absolute Gasteiger partial charge is 0.504 e. The first-order valence-corrected chi connectivity index (χ1v) is 10.7. The first-order valence-electron chi connectivity index (χ1n) is 10.7. The highest BCUT2D eigenvalue weighted by atomic mass is 19.4. The molecule has 3 heterocycles. The van der Waals surface area contributed by atoms with E-state index in [9.17, 15) is 35.5 Å². The molecule has 194 valence electrons. The number of fused-ring (bicyclic) bond motifs is 1. The zero-order valence-corrected chi connectivity index (χ0v) is 18.8. The van der Waals surface area contributed by atoms with E-state index in [1.807, 2.05) is 0 Å².